The van der Waals surface area contributed by atoms with E-state index < -0.39 is 0 Å². The van der Waals surface area contributed by atoms with Crippen LogP contribution in [0.5, 0.6) is 0 Å². The minimum Gasteiger partial charge on any atom is -0.467 e. The van der Waals surface area contributed by atoms with Crippen molar-refractivity contribution in [2.45, 2.75) is 31.2 Å². The first kappa shape index (κ1) is 17.1. The Morgan fingerprint density at radius 1 is 1.11 bits per heavy atom. The number of aryl methyl sites for hydroxylation is 1. The summed E-state index contributed by atoms with van der Waals surface area (Å²) in [7, 11) is 0. The van der Waals surface area contributed by atoms with Crippen LogP contribution in [0.15, 0.2) is 58.4 Å². The standard InChI is InChI=1S/C21H19N5OS/c1-13-14(2)26(10-15-6-5-9-27-15)20-19(13)21(23-12-22-20)28-11-18-24-16-7-3-4-8-17(16)25-18/h3-9,12H,10-11H2,1-2H3,(H,24,25). The summed E-state index contributed by atoms with van der Waals surface area (Å²) in [5.74, 6) is 2.58. The molecule has 5 aromatic rings. The van der Waals surface area contributed by atoms with Crippen LogP contribution in [-0.2, 0) is 12.3 Å². The Balaban J connectivity index is 1.49. The third kappa shape index (κ3) is 2.88. The van der Waals surface area contributed by atoms with Gasteiger partial charge in [-0.05, 0) is 43.7 Å². The summed E-state index contributed by atoms with van der Waals surface area (Å²) in [6, 6.07) is 12.0. The zero-order chi connectivity index (χ0) is 19.1. The van der Waals surface area contributed by atoms with Crippen molar-refractivity contribution in [3.63, 3.8) is 0 Å². The quantitative estimate of drug-likeness (QED) is 0.343. The van der Waals surface area contributed by atoms with Crippen LogP contribution in [0.4, 0.5) is 0 Å². The SMILES string of the molecule is Cc1c(C)n(Cc2ccco2)c2ncnc(SCc3nc4ccccc4[nH]3)c12. The highest BCUT2D eigenvalue weighted by Crippen LogP contribution is 2.33. The summed E-state index contributed by atoms with van der Waals surface area (Å²) in [6.07, 6.45) is 3.34. The van der Waals surface area contributed by atoms with Crippen molar-refractivity contribution >= 4 is 33.8 Å². The topological polar surface area (TPSA) is 72.5 Å². The first-order valence-electron chi connectivity index (χ1n) is 9.10. The fourth-order valence-electron chi connectivity index (χ4n) is 3.51. The second-order valence-electron chi connectivity index (χ2n) is 6.74. The summed E-state index contributed by atoms with van der Waals surface area (Å²) < 4.78 is 7.72. The van der Waals surface area contributed by atoms with Crippen molar-refractivity contribution in [2.75, 3.05) is 0 Å². The van der Waals surface area contributed by atoms with Gasteiger partial charge in [-0.2, -0.15) is 0 Å². The Kier molecular flexibility index (Phi) is 4.16. The number of thioether (sulfide) groups is 1. The Bertz CT molecular complexity index is 1240. The number of nitrogens with one attached hydrogen (secondary N) is 1. The van der Waals surface area contributed by atoms with Gasteiger partial charge in [0.05, 0.1) is 35.0 Å². The third-order valence-corrected chi connectivity index (χ3v) is 6.05. The predicted molar refractivity (Wildman–Crippen MR) is 110 cm³/mol. The highest BCUT2D eigenvalue weighted by atomic mass is 32.2. The van der Waals surface area contributed by atoms with Crippen LogP contribution in [-0.4, -0.2) is 24.5 Å². The van der Waals surface area contributed by atoms with E-state index in [1.54, 1.807) is 24.4 Å². The second kappa shape index (κ2) is 6.83. The van der Waals surface area contributed by atoms with Gasteiger partial charge in [-0.15, -0.1) is 0 Å². The average molecular weight is 389 g/mol. The molecule has 0 unspecified atom stereocenters. The lowest BCUT2D eigenvalue weighted by atomic mass is 10.2. The Morgan fingerprint density at radius 2 is 2.00 bits per heavy atom. The molecule has 0 saturated carbocycles. The van der Waals surface area contributed by atoms with Crippen molar-refractivity contribution < 1.29 is 4.42 Å². The number of benzene rings is 1. The minimum atomic E-state index is 0.661. The van der Waals surface area contributed by atoms with Gasteiger partial charge in [-0.3, -0.25) is 0 Å². The maximum absolute atomic E-state index is 5.53. The van der Waals surface area contributed by atoms with Crippen molar-refractivity contribution in [3.8, 4) is 0 Å². The smallest absolute Gasteiger partial charge is 0.145 e. The number of furan rings is 1. The van der Waals surface area contributed by atoms with Crippen molar-refractivity contribution in [1.29, 1.82) is 0 Å². The molecule has 4 aromatic heterocycles. The third-order valence-electron chi connectivity index (χ3n) is 5.05. The van der Waals surface area contributed by atoms with Crippen LogP contribution in [0.1, 0.15) is 22.8 Å². The maximum Gasteiger partial charge on any atom is 0.145 e. The molecule has 0 fully saturated rings. The van der Waals surface area contributed by atoms with Gasteiger partial charge < -0.3 is 14.0 Å². The number of aromatic amines is 1. The Morgan fingerprint density at radius 3 is 2.82 bits per heavy atom. The molecule has 0 amide bonds. The van der Waals surface area contributed by atoms with Crippen LogP contribution in [0, 0.1) is 13.8 Å². The zero-order valence-electron chi connectivity index (χ0n) is 15.6. The van der Waals surface area contributed by atoms with E-state index in [0.717, 1.165) is 44.4 Å². The highest BCUT2D eigenvalue weighted by Gasteiger charge is 2.18. The monoisotopic (exact) mass is 389 g/mol. The minimum absolute atomic E-state index is 0.661. The highest BCUT2D eigenvalue weighted by molar-refractivity contribution is 7.98. The molecule has 7 heteroatoms. The number of para-hydroxylation sites is 2. The van der Waals surface area contributed by atoms with Crippen LogP contribution in [0.25, 0.3) is 22.1 Å². The molecular formula is C21H19N5OS. The number of fused-ring (bicyclic) bond motifs is 2. The number of hydrogen-bond acceptors (Lipinski definition) is 5. The lowest BCUT2D eigenvalue weighted by Gasteiger charge is -2.05. The van der Waals surface area contributed by atoms with Gasteiger partial charge in [0.25, 0.3) is 0 Å². The maximum atomic E-state index is 5.53. The number of rotatable bonds is 5. The van der Waals surface area contributed by atoms with E-state index in [1.165, 1.54) is 11.3 Å². The largest absolute Gasteiger partial charge is 0.467 e. The molecule has 4 heterocycles. The van der Waals surface area contributed by atoms with E-state index in [4.69, 9.17) is 4.42 Å². The molecular weight excluding hydrogens is 370 g/mol. The molecule has 6 nitrogen and oxygen atoms in total. The fourth-order valence-corrected chi connectivity index (χ4v) is 4.43. The van der Waals surface area contributed by atoms with E-state index in [9.17, 15) is 0 Å². The van der Waals surface area contributed by atoms with Gasteiger partial charge >= 0.3 is 0 Å². The van der Waals surface area contributed by atoms with E-state index in [-0.39, 0.29) is 0 Å². The second-order valence-corrected chi connectivity index (χ2v) is 7.71. The summed E-state index contributed by atoms with van der Waals surface area (Å²) in [5.41, 5.74) is 5.37. The van der Waals surface area contributed by atoms with Gasteiger partial charge in [0, 0.05) is 5.69 Å². The van der Waals surface area contributed by atoms with Gasteiger partial charge in [0.2, 0.25) is 0 Å². The van der Waals surface area contributed by atoms with Crippen LogP contribution < -0.4 is 0 Å². The molecule has 1 N–H and O–H groups in total. The molecule has 0 radical (unpaired) electrons. The molecule has 0 aliphatic heterocycles. The molecule has 1 aromatic carbocycles. The summed E-state index contributed by atoms with van der Waals surface area (Å²) in [6.45, 7) is 4.91. The normalized spacial score (nSPS) is 11.6. The molecule has 28 heavy (non-hydrogen) atoms. The molecule has 0 aliphatic carbocycles. The molecule has 0 saturated heterocycles. The summed E-state index contributed by atoms with van der Waals surface area (Å²) in [4.78, 5) is 17.2. The number of aromatic nitrogens is 5. The van der Waals surface area contributed by atoms with Crippen molar-refractivity contribution in [3.05, 3.63) is 71.8 Å². The number of nitrogens with zero attached hydrogens (tertiary/aromatic N) is 4. The van der Waals surface area contributed by atoms with Gasteiger partial charge in [-0.25, -0.2) is 15.0 Å². The summed E-state index contributed by atoms with van der Waals surface area (Å²) in [5, 5.41) is 2.08. The number of hydrogen-bond donors (Lipinski definition) is 1. The number of H-pyrrole nitrogens is 1. The first-order chi connectivity index (χ1) is 13.7. The van der Waals surface area contributed by atoms with Crippen LogP contribution >= 0.6 is 11.8 Å². The lowest BCUT2D eigenvalue weighted by molar-refractivity contribution is 0.494. The van der Waals surface area contributed by atoms with E-state index >= 15 is 0 Å². The zero-order valence-corrected chi connectivity index (χ0v) is 16.5. The Labute approximate surface area is 166 Å². The molecule has 0 spiro atoms. The van der Waals surface area contributed by atoms with Crippen LogP contribution in [0.2, 0.25) is 0 Å². The van der Waals surface area contributed by atoms with E-state index in [0.29, 0.717) is 6.54 Å². The lowest BCUT2D eigenvalue weighted by Crippen LogP contribution is -2.02. The molecule has 0 atom stereocenters. The number of imidazole rings is 1. The van der Waals surface area contributed by atoms with Gasteiger partial charge in [-0.1, -0.05) is 23.9 Å². The average Bonchev–Trinajstić information content (AvgIpc) is 3.42. The molecule has 5 rings (SSSR count). The fraction of sp³-hybridized carbons (Fsp3) is 0.190. The van der Waals surface area contributed by atoms with E-state index in [2.05, 4.69) is 38.4 Å². The van der Waals surface area contributed by atoms with Crippen molar-refractivity contribution in [1.82, 2.24) is 24.5 Å². The molecule has 140 valence electrons. The predicted octanol–water partition coefficient (Wildman–Crippen LogP) is 4.86. The van der Waals surface area contributed by atoms with Gasteiger partial charge in [0.1, 0.15) is 28.6 Å². The van der Waals surface area contributed by atoms with Crippen molar-refractivity contribution in [2.24, 2.45) is 0 Å². The van der Waals surface area contributed by atoms with Gasteiger partial charge in [0.15, 0.2) is 0 Å². The molecule has 0 aliphatic rings. The Hall–Kier alpha value is -3.06. The van der Waals surface area contributed by atoms with Crippen LogP contribution in [0.3, 0.4) is 0 Å². The summed E-state index contributed by atoms with van der Waals surface area (Å²) >= 11 is 1.68. The molecule has 0 bridgehead atoms. The van der Waals surface area contributed by atoms with E-state index in [1.807, 2.05) is 36.4 Å². The first-order valence-corrected chi connectivity index (χ1v) is 10.1.